The molecule has 0 aliphatic rings. The van der Waals surface area contributed by atoms with Gasteiger partial charge < -0.3 is 4.52 Å². The Bertz CT molecular complexity index is 1440. The molecule has 5 aromatic rings. The molecule has 0 spiro atoms. The first kappa shape index (κ1) is 21.2. The minimum absolute atomic E-state index is 0.596. The van der Waals surface area contributed by atoms with E-state index in [4.69, 9.17) is 9.51 Å². The highest BCUT2D eigenvalue weighted by Gasteiger charge is 2.18. The van der Waals surface area contributed by atoms with Gasteiger partial charge in [0, 0.05) is 34.9 Å². The maximum atomic E-state index is 5.19. The number of pyridine rings is 1. The number of allylic oxidation sites excluding steroid dienone is 1. The lowest BCUT2D eigenvalue weighted by molar-refractivity contribution is 0.393. The van der Waals surface area contributed by atoms with Gasteiger partial charge in [0.1, 0.15) is 5.76 Å². The van der Waals surface area contributed by atoms with Gasteiger partial charge in [-0.2, -0.15) is 0 Å². The van der Waals surface area contributed by atoms with Crippen LogP contribution < -0.4 is 0 Å². The van der Waals surface area contributed by atoms with Crippen LogP contribution in [0, 0.1) is 13.8 Å². The second kappa shape index (κ2) is 9.03. The van der Waals surface area contributed by atoms with E-state index in [-0.39, 0.29) is 0 Å². The van der Waals surface area contributed by atoms with Crippen LogP contribution >= 0.6 is 11.8 Å². The molecule has 0 atom stereocenters. The fourth-order valence-electron chi connectivity index (χ4n) is 3.75. The molecule has 0 radical (unpaired) electrons. The smallest absolute Gasteiger partial charge is 0.192 e. The van der Waals surface area contributed by atoms with Crippen LogP contribution in [-0.2, 0) is 12.3 Å². The summed E-state index contributed by atoms with van der Waals surface area (Å²) in [5.41, 5.74) is 5.99. The van der Waals surface area contributed by atoms with Crippen LogP contribution in [0.5, 0.6) is 0 Å². The minimum atomic E-state index is 0.596. The number of rotatable bonds is 7. The summed E-state index contributed by atoms with van der Waals surface area (Å²) in [5.74, 6) is 2.24. The molecule has 0 amide bonds. The molecular formula is C26H23N5OS. The first-order valence-corrected chi connectivity index (χ1v) is 11.7. The van der Waals surface area contributed by atoms with Crippen molar-refractivity contribution in [1.82, 2.24) is 24.9 Å². The molecule has 0 fully saturated rings. The number of fused-ring (bicyclic) bond motifs is 1. The lowest BCUT2D eigenvalue weighted by Gasteiger charge is -2.12. The zero-order chi connectivity index (χ0) is 22.8. The van der Waals surface area contributed by atoms with Crippen LogP contribution in [0.1, 0.15) is 17.0 Å². The Kier molecular flexibility index (Phi) is 5.79. The summed E-state index contributed by atoms with van der Waals surface area (Å²) in [5, 5.41) is 15.0. The van der Waals surface area contributed by atoms with Crippen LogP contribution in [0.15, 0.2) is 83.0 Å². The molecule has 33 heavy (non-hydrogen) atoms. The monoisotopic (exact) mass is 453 g/mol. The quantitative estimate of drug-likeness (QED) is 0.214. The molecule has 0 saturated carbocycles. The van der Waals surface area contributed by atoms with Crippen molar-refractivity contribution in [2.45, 2.75) is 31.3 Å². The number of hydrogen-bond donors (Lipinski definition) is 0. The maximum absolute atomic E-state index is 5.19. The Balaban J connectivity index is 1.61. The molecule has 3 aromatic heterocycles. The van der Waals surface area contributed by atoms with Crippen molar-refractivity contribution < 1.29 is 4.52 Å². The second-order valence-electron chi connectivity index (χ2n) is 7.86. The number of aromatic nitrogens is 5. The topological polar surface area (TPSA) is 69.6 Å². The van der Waals surface area contributed by atoms with Gasteiger partial charge in [0.25, 0.3) is 0 Å². The normalized spacial score (nSPS) is 11.2. The largest absolute Gasteiger partial charge is 0.361 e. The minimum Gasteiger partial charge on any atom is -0.361 e. The van der Waals surface area contributed by atoms with Gasteiger partial charge in [-0.25, -0.2) is 4.98 Å². The molecular weight excluding hydrogens is 430 g/mol. The Labute approximate surface area is 196 Å². The molecule has 7 heteroatoms. The van der Waals surface area contributed by atoms with Gasteiger partial charge in [-0.3, -0.25) is 4.57 Å². The summed E-state index contributed by atoms with van der Waals surface area (Å²) in [4.78, 5) is 4.92. The van der Waals surface area contributed by atoms with Crippen LogP contribution in [0.4, 0.5) is 0 Å². The van der Waals surface area contributed by atoms with Crippen LogP contribution in [-0.4, -0.2) is 24.9 Å². The number of nitrogens with zero attached hydrogens (tertiary/aromatic N) is 5. The van der Waals surface area contributed by atoms with Crippen molar-refractivity contribution in [1.29, 1.82) is 0 Å². The van der Waals surface area contributed by atoms with Gasteiger partial charge in [-0.1, -0.05) is 71.0 Å². The first-order valence-electron chi connectivity index (χ1n) is 10.7. The van der Waals surface area contributed by atoms with E-state index in [1.807, 2.05) is 37.3 Å². The molecule has 2 aromatic carbocycles. The van der Waals surface area contributed by atoms with Gasteiger partial charge in [0.15, 0.2) is 11.0 Å². The molecule has 164 valence electrons. The van der Waals surface area contributed by atoms with E-state index in [9.17, 15) is 0 Å². The molecule has 0 aliphatic carbocycles. The summed E-state index contributed by atoms with van der Waals surface area (Å²) in [7, 11) is 0. The third-order valence-electron chi connectivity index (χ3n) is 5.36. The van der Waals surface area contributed by atoms with E-state index in [1.165, 1.54) is 5.56 Å². The predicted octanol–water partition coefficient (Wildman–Crippen LogP) is 6.24. The van der Waals surface area contributed by atoms with E-state index < -0.39 is 0 Å². The van der Waals surface area contributed by atoms with E-state index in [2.05, 4.69) is 69.8 Å². The summed E-state index contributed by atoms with van der Waals surface area (Å²) in [6.07, 6.45) is 1.86. The van der Waals surface area contributed by atoms with Crippen molar-refractivity contribution in [3.8, 4) is 22.6 Å². The summed E-state index contributed by atoms with van der Waals surface area (Å²) in [6.45, 7) is 8.51. The van der Waals surface area contributed by atoms with Crippen molar-refractivity contribution >= 4 is 22.7 Å². The molecule has 0 bridgehead atoms. The standard InChI is InChI=1S/C26H23N5OS/c1-4-13-31-25(28-29-26(31)33-16-20-14-18(3)32-30-20)22-15-24(19-11-9-17(2)10-12-19)27-23-8-6-5-7-21(22)23/h4-12,14-15H,1,13,16H2,2-3H3. The molecule has 0 saturated heterocycles. The van der Waals surface area contributed by atoms with Crippen molar-refractivity contribution in [3.63, 3.8) is 0 Å². The number of benzene rings is 2. The third-order valence-corrected chi connectivity index (χ3v) is 6.36. The fourth-order valence-corrected chi connectivity index (χ4v) is 4.57. The number of hydrogen-bond acceptors (Lipinski definition) is 6. The Morgan fingerprint density at radius 2 is 1.85 bits per heavy atom. The van der Waals surface area contributed by atoms with E-state index in [0.717, 1.165) is 50.2 Å². The van der Waals surface area contributed by atoms with Gasteiger partial charge in [-0.05, 0) is 26.0 Å². The van der Waals surface area contributed by atoms with Crippen molar-refractivity contribution in [2.75, 3.05) is 0 Å². The van der Waals surface area contributed by atoms with Crippen LogP contribution in [0.2, 0.25) is 0 Å². The van der Waals surface area contributed by atoms with Gasteiger partial charge in [0.05, 0.1) is 16.9 Å². The van der Waals surface area contributed by atoms with Crippen LogP contribution in [0.3, 0.4) is 0 Å². The average Bonchev–Trinajstić information content (AvgIpc) is 3.43. The average molecular weight is 454 g/mol. The SMILES string of the molecule is C=CCn1c(SCc2cc(C)on2)nnc1-c1cc(-c2ccc(C)cc2)nc2ccccc12. The summed E-state index contributed by atoms with van der Waals surface area (Å²) < 4.78 is 7.28. The molecule has 3 heterocycles. The molecule has 0 aliphatic heterocycles. The Morgan fingerprint density at radius 3 is 2.61 bits per heavy atom. The number of thioether (sulfide) groups is 1. The van der Waals surface area contributed by atoms with Crippen LogP contribution in [0.25, 0.3) is 33.5 Å². The lowest BCUT2D eigenvalue weighted by Crippen LogP contribution is -2.02. The molecule has 0 N–H and O–H groups in total. The second-order valence-corrected chi connectivity index (χ2v) is 8.80. The highest BCUT2D eigenvalue weighted by molar-refractivity contribution is 7.98. The zero-order valence-corrected chi connectivity index (χ0v) is 19.3. The van der Waals surface area contributed by atoms with Gasteiger partial charge >= 0.3 is 0 Å². The van der Waals surface area contributed by atoms with E-state index in [1.54, 1.807) is 11.8 Å². The van der Waals surface area contributed by atoms with Crippen molar-refractivity contribution in [3.05, 3.63) is 90.3 Å². The highest BCUT2D eigenvalue weighted by Crippen LogP contribution is 2.33. The number of aryl methyl sites for hydroxylation is 2. The first-order chi connectivity index (χ1) is 16.1. The summed E-state index contributed by atoms with van der Waals surface area (Å²) in [6, 6.07) is 20.6. The Morgan fingerprint density at radius 1 is 1.03 bits per heavy atom. The van der Waals surface area contributed by atoms with Crippen molar-refractivity contribution in [2.24, 2.45) is 0 Å². The Hall–Kier alpha value is -3.71. The van der Waals surface area contributed by atoms with Gasteiger partial charge in [0.2, 0.25) is 0 Å². The lowest BCUT2D eigenvalue weighted by atomic mass is 10.0. The molecule has 6 nitrogen and oxygen atoms in total. The maximum Gasteiger partial charge on any atom is 0.192 e. The molecule has 5 rings (SSSR count). The highest BCUT2D eigenvalue weighted by atomic mass is 32.2. The fraction of sp³-hybridized carbons (Fsp3) is 0.154. The summed E-state index contributed by atoms with van der Waals surface area (Å²) >= 11 is 1.58. The predicted molar refractivity (Wildman–Crippen MR) is 132 cm³/mol. The zero-order valence-electron chi connectivity index (χ0n) is 18.5. The third kappa shape index (κ3) is 4.32. The van der Waals surface area contributed by atoms with E-state index >= 15 is 0 Å². The molecule has 0 unspecified atom stereocenters. The van der Waals surface area contributed by atoms with Gasteiger partial charge in [-0.15, -0.1) is 16.8 Å². The van der Waals surface area contributed by atoms with E-state index in [0.29, 0.717) is 12.3 Å². The number of para-hydroxylation sites is 1.